The first-order valence-corrected chi connectivity index (χ1v) is 15.0. The molecule has 1 aromatic rings. The van der Waals surface area contributed by atoms with Gasteiger partial charge in [-0.15, -0.1) is 0 Å². The van der Waals surface area contributed by atoms with Gasteiger partial charge in [0.2, 0.25) is 0 Å². The van der Waals surface area contributed by atoms with E-state index < -0.39 is 0 Å². The van der Waals surface area contributed by atoms with Gasteiger partial charge in [0.1, 0.15) is 5.76 Å². The molecule has 0 aliphatic heterocycles. The number of nitrogens with one attached hydrogen (secondary N) is 1. The molecule has 0 bridgehead atoms. The number of hydrogen-bond donors (Lipinski definition) is 1. The fraction of sp³-hybridized carbons (Fsp3) is 0.459. The highest BCUT2D eigenvalue weighted by Crippen LogP contribution is 2.49. The lowest BCUT2D eigenvalue weighted by atomic mass is 9.61. The van der Waals surface area contributed by atoms with Crippen molar-refractivity contribution in [2.45, 2.75) is 60.8 Å². The van der Waals surface area contributed by atoms with Gasteiger partial charge >= 0.3 is 0 Å². The Morgan fingerprint density at radius 2 is 1.87 bits per heavy atom. The van der Waals surface area contributed by atoms with Gasteiger partial charge in [0.15, 0.2) is 0 Å². The summed E-state index contributed by atoms with van der Waals surface area (Å²) >= 11 is 0. The number of rotatable bonds is 11. The van der Waals surface area contributed by atoms with Crippen LogP contribution in [0.1, 0.15) is 66.4 Å². The molecule has 39 heavy (non-hydrogen) atoms. The summed E-state index contributed by atoms with van der Waals surface area (Å²) in [5.74, 6) is 5.48. The van der Waals surface area contributed by atoms with Crippen molar-refractivity contribution in [3.8, 4) is 0 Å². The van der Waals surface area contributed by atoms with Crippen molar-refractivity contribution in [1.82, 2.24) is 0 Å². The van der Waals surface area contributed by atoms with Crippen LogP contribution in [0.4, 0.5) is 5.69 Å². The van der Waals surface area contributed by atoms with Crippen LogP contribution in [0.25, 0.3) is 5.57 Å². The fourth-order valence-corrected chi connectivity index (χ4v) is 6.55. The van der Waals surface area contributed by atoms with E-state index in [2.05, 4.69) is 113 Å². The molecule has 0 spiro atoms. The molecule has 3 aliphatic rings. The highest BCUT2D eigenvalue weighted by atomic mass is 16.5. The predicted molar refractivity (Wildman–Crippen MR) is 169 cm³/mol. The van der Waals surface area contributed by atoms with Crippen molar-refractivity contribution in [3.63, 3.8) is 0 Å². The first-order valence-electron chi connectivity index (χ1n) is 15.0. The molecular formula is C37H49NO. The quantitative estimate of drug-likeness (QED) is 0.230. The van der Waals surface area contributed by atoms with E-state index in [0.29, 0.717) is 41.4 Å². The third-order valence-electron chi connectivity index (χ3n) is 8.62. The van der Waals surface area contributed by atoms with Crippen LogP contribution < -0.4 is 5.32 Å². The van der Waals surface area contributed by atoms with Gasteiger partial charge in [-0.1, -0.05) is 101 Å². The third-order valence-corrected chi connectivity index (χ3v) is 8.62. The monoisotopic (exact) mass is 523 g/mol. The molecule has 2 heteroatoms. The Morgan fingerprint density at radius 3 is 2.54 bits per heavy atom. The molecule has 0 saturated carbocycles. The SMILES string of the molecule is C=C(c1ccccc1NCC(C)/C=C(\C)OC1=CCC=C1)C1C(C(C)C)=CC(C2C=CC=CC2)CC1C(C)C. The fourth-order valence-electron chi connectivity index (χ4n) is 6.55. The number of ether oxygens (including phenoxy) is 1. The van der Waals surface area contributed by atoms with Gasteiger partial charge < -0.3 is 10.1 Å². The Kier molecular flexibility index (Phi) is 9.94. The summed E-state index contributed by atoms with van der Waals surface area (Å²) in [7, 11) is 0. The number of para-hydroxylation sites is 1. The average Bonchev–Trinajstić information content (AvgIpc) is 3.44. The van der Waals surface area contributed by atoms with Crippen LogP contribution in [0, 0.1) is 41.4 Å². The summed E-state index contributed by atoms with van der Waals surface area (Å²) in [4.78, 5) is 0. The molecule has 1 aromatic carbocycles. The van der Waals surface area contributed by atoms with Crippen LogP contribution in [0.3, 0.4) is 0 Å². The van der Waals surface area contributed by atoms with Gasteiger partial charge in [-0.05, 0) is 91.6 Å². The van der Waals surface area contributed by atoms with E-state index in [1.165, 1.54) is 23.2 Å². The minimum Gasteiger partial charge on any atom is -0.463 e. The number of anilines is 1. The summed E-state index contributed by atoms with van der Waals surface area (Å²) in [5.41, 5.74) is 5.27. The lowest BCUT2D eigenvalue weighted by molar-refractivity contribution is 0.227. The van der Waals surface area contributed by atoms with Crippen LogP contribution in [-0.2, 0) is 4.74 Å². The molecule has 208 valence electrons. The topological polar surface area (TPSA) is 21.3 Å². The zero-order chi connectivity index (χ0) is 27.9. The number of benzene rings is 1. The molecule has 0 heterocycles. The van der Waals surface area contributed by atoms with E-state index in [9.17, 15) is 0 Å². The average molecular weight is 524 g/mol. The molecular weight excluding hydrogens is 474 g/mol. The lowest BCUT2D eigenvalue weighted by Crippen LogP contribution is -2.33. The highest BCUT2D eigenvalue weighted by molar-refractivity contribution is 5.78. The zero-order valence-corrected chi connectivity index (χ0v) is 25.0. The maximum absolute atomic E-state index is 5.98. The number of allylic oxidation sites excluding steroid dienone is 11. The Labute approximate surface area is 238 Å². The minimum absolute atomic E-state index is 0.333. The molecule has 1 N–H and O–H groups in total. The van der Waals surface area contributed by atoms with Crippen LogP contribution in [0.5, 0.6) is 0 Å². The van der Waals surface area contributed by atoms with Crippen LogP contribution in [0.15, 0.2) is 103 Å². The van der Waals surface area contributed by atoms with Gasteiger partial charge in [0.25, 0.3) is 0 Å². The van der Waals surface area contributed by atoms with Gasteiger partial charge in [0.05, 0.1) is 5.76 Å². The Hall–Kier alpha value is -3.00. The standard InChI is InChI=1S/C37H49NO/c1-25(2)34-22-31(30-15-9-8-10-16-30)23-35(26(3)4)37(34)29(7)33-19-13-14-20-36(33)38-24-27(5)21-28(6)39-32-17-11-12-18-32/h8-11,13-15,17-22,25-27,30-31,35,37-38H,7,12,16,23-24H2,1-6H3/b28-21+. The van der Waals surface area contributed by atoms with Crippen molar-refractivity contribution in [2.75, 3.05) is 11.9 Å². The lowest BCUT2D eigenvalue weighted by Gasteiger charge is -2.43. The van der Waals surface area contributed by atoms with E-state index in [4.69, 9.17) is 11.3 Å². The molecule has 2 nitrogen and oxygen atoms in total. The molecule has 5 atom stereocenters. The zero-order valence-electron chi connectivity index (χ0n) is 25.0. The normalized spacial score (nSPS) is 25.6. The van der Waals surface area contributed by atoms with Crippen molar-refractivity contribution >= 4 is 11.3 Å². The summed E-state index contributed by atoms with van der Waals surface area (Å²) in [5, 5.41) is 3.75. The second-order valence-corrected chi connectivity index (χ2v) is 12.4. The summed E-state index contributed by atoms with van der Waals surface area (Å²) in [6.07, 6.45) is 23.6. The van der Waals surface area contributed by atoms with Crippen molar-refractivity contribution in [3.05, 3.63) is 108 Å². The Morgan fingerprint density at radius 1 is 1.08 bits per heavy atom. The first kappa shape index (κ1) is 29.0. The largest absolute Gasteiger partial charge is 0.463 e. The number of hydrogen-bond acceptors (Lipinski definition) is 2. The van der Waals surface area contributed by atoms with E-state index >= 15 is 0 Å². The second kappa shape index (κ2) is 13.4. The van der Waals surface area contributed by atoms with E-state index in [1.54, 1.807) is 5.57 Å². The van der Waals surface area contributed by atoms with Crippen molar-refractivity contribution < 1.29 is 4.74 Å². The smallest absolute Gasteiger partial charge is 0.122 e. The molecule has 0 saturated heterocycles. The summed E-state index contributed by atoms with van der Waals surface area (Å²) in [6.45, 7) is 19.5. The van der Waals surface area contributed by atoms with Crippen molar-refractivity contribution in [1.29, 1.82) is 0 Å². The molecule has 0 fully saturated rings. The summed E-state index contributed by atoms with van der Waals surface area (Å²) in [6, 6.07) is 8.76. The Balaban J connectivity index is 1.54. The van der Waals surface area contributed by atoms with Gasteiger partial charge in [-0.2, -0.15) is 0 Å². The van der Waals surface area contributed by atoms with Gasteiger partial charge in [0, 0.05) is 23.7 Å². The third kappa shape index (κ3) is 7.35. The maximum atomic E-state index is 5.98. The predicted octanol–water partition coefficient (Wildman–Crippen LogP) is 10.1. The molecule has 4 rings (SSSR count). The van der Waals surface area contributed by atoms with Crippen LogP contribution in [-0.4, -0.2) is 6.54 Å². The van der Waals surface area contributed by atoms with Crippen molar-refractivity contribution in [2.24, 2.45) is 41.4 Å². The van der Waals surface area contributed by atoms with Crippen LogP contribution >= 0.6 is 0 Å². The van der Waals surface area contributed by atoms with E-state index in [-0.39, 0.29) is 0 Å². The Bertz CT molecular complexity index is 1190. The van der Waals surface area contributed by atoms with Gasteiger partial charge in [-0.3, -0.25) is 0 Å². The molecule has 0 radical (unpaired) electrons. The molecule has 5 unspecified atom stereocenters. The first-order chi connectivity index (χ1) is 18.7. The highest BCUT2D eigenvalue weighted by Gasteiger charge is 2.38. The molecule has 0 amide bonds. The molecule has 0 aromatic heterocycles. The molecule has 3 aliphatic carbocycles. The maximum Gasteiger partial charge on any atom is 0.122 e. The minimum atomic E-state index is 0.333. The van der Waals surface area contributed by atoms with E-state index in [1.807, 2.05) is 13.0 Å². The second-order valence-electron chi connectivity index (χ2n) is 12.4. The summed E-state index contributed by atoms with van der Waals surface area (Å²) < 4.78 is 5.98. The van der Waals surface area contributed by atoms with E-state index in [0.717, 1.165) is 30.9 Å². The van der Waals surface area contributed by atoms with Gasteiger partial charge in [-0.25, -0.2) is 0 Å². The van der Waals surface area contributed by atoms with Crippen LogP contribution in [0.2, 0.25) is 0 Å².